The molecule has 0 spiro atoms. The van der Waals surface area contributed by atoms with Crippen LogP contribution in [0.5, 0.6) is 0 Å². The molecule has 6 nitrogen and oxygen atoms in total. The minimum absolute atomic E-state index is 0.143. The summed E-state index contributed by atoms with van der Waals surface area (Å²) in [6.45, 7) is 2.51. The van der Waals surface area contributed by atoms with Crippen LogP contribution in [-0.2, 0) is 21.8 Å². The maximum Gasteiger partial charge on any atom is 0.233 e. The number of aromatic nitrogens is 2. The average Bonchev–Trinajstić information content (AvgIpc) is 3.00. The van der Waals surface area contributed by atoms with Gasteiger partial charge in [0.25, 0.3) is 0 Å². The van der Waals surface area contributed by atoms with Crippen LogP contribution in [0.25, 0.3) is 6.08 Å². The minimum Gasteiger partial charge on any atom is -0.372 e. The van der Waals surface area contributed by atoms with Crippen LogP contribution in [0.2, 0.25) is 0 Å². The molecule has 0 radical (unpaired) electrons. The molecule has 1 aromatic carbocycles. The van der Waals surface area contributed by atoms with Crippen LogP contribution in [0.1, 0.15) is 35.8 Å². The molecular formula is C18H23N3O3S. The van der Waals surface area contributed by atoms with Crippen molar-refractivity contribution >= 4 is 16.1 Å². The Morgan fingerprint density at radius 2 is 2.08 bits per heavy atom. The summed E-state index contributed by atoms with van der Waals surface area (Å²) < 4.78 is 35.1. The maximum atomic E-state index is 12.3. The Balaban J connectivity index is 1.64. The van der Waals surface area contributed by atoms with E-state index in [4.69, 9.17) is 4.74 Å². The molecule has 7 heteroatoms. The number of nitrogens with one attached hydrogen (secondary N) is 1. The molecular weight excluding hydrogens is 338 g/mol. The summed E-state index contributed by atoms with van der Waals surface area (Å²) in [5.41, 5.74) is 2.95. The van der Waals surface area contributed by atoms with Crippen molar-refractivity contribution in [3.63, 3.8) is 0 Å². The van der Waals surface area contributed by atoms with Crippen molar-refractivity contribution in [3.8, 4) is 0 Å². The number of imidazole rings is 1. The van der Waals surface area contributed by atoms with Gasteiger partial charge in [-0.05, 0) is 31.4 Å². The molecule has 1 N–H and O–H groups in total. The lowest BCUT2D eigenvalue weighted by Crippen LogP contribution is -2.39. The predicted octanol–water partition coefficient (Wildman–Crippen LogP) is 2.54. The number of ether oxygens (including phenoxy) is 1. The van der Waals surface area contributed by atoms with Gasteiger partial charge in [0, 0.05) is 25.1 Å². The highest BCUT2D eigenvalue weighted by Crippen LogP contribution is 2.28. The van der Waals surface area contributed by atoms with E-state index in [2.05, 4.69) is 9.71 Å². The highest BCUT2D eigenvalue weighted by Gasteiger charge is 2.27. The van der Waals surface area contributed by atoms with Gasteiger partial charge in [-0.2, -0.15) is 0 Å². The molecule has 25 heavy (non-hydrogen) atoms. The maximum absolute atomic E-state index is 12.3. The summed E-state index contributed by atoms with van der Waals surface area (Å²) in [5, 5.41) is 1.23. The second-order valence-corrected chi connectivity index (χ2v) is 7.98. The monoisotopic (exact) mass is 361 g/mol. The zero-order valence-corrected chi connectivity index (χ0v) is 15.2. The first kappa shape index (κ1) is 17.8. The van der Waals surface area contributed by atoms with Gasteiger partial charge in [-0.15, -0.1) is 0 Å². The number of sulfonamides is 1. The van der Waals surface area contributed by atoms with Crippen LogP contribution in [0.15, 0.2) is 42.2 Å². The van der Waals surface area contributed by atoms with Gasteiger partial charge < -0.3 is 9.30 Å². The van der Waals surface area contributed by atoms with Crippen LogP contribution in [0.3, 0.4) is 0 Å². The van der Waals surface area contributed by atoms with E-state index in [0.717, 1.165) is 16.8 Å². The van der Waals surface area contributed by atoms with Crippen LogP contribution < -0.4 is 4.72 Å². The number of rotatable bonds is 5. The van der Waals surface area contributed by atoms with Gasteiger partial charge >= 0.3 is 0 Å². The highest BCUT2D eigenvalue weighted by molar-refractivity contribution is 7.92. The minimum atomic E-state index is -3.50. The molecule has 2 aromatic rings. The summed E-state index contributed by atoms with van der Waals surface area (Å²) in [6, 6.07) is 7.55. The fourth-order valence-corrected chi connectivity index (χ4v) is 4.00. The molecule has 0 bridgehead atoms. The molecule has 0 aliphatic carbocycles. The number of hydrogen-bond acceptors (Lipinski definition) is 4. The molecule has 1 aliphatic heterocycles. The summed E-state index contributed by atoms with van der Waals surface area (Å²) >= 11 is 0. The molecule has 2 heterocycles. The summed E-state index contributed by atoms with van der Waals surface area (Å²) in [7, 11) is -1.59. The molecule has 0 saturated carbocycles. The lowest BCUT2D eigenvalue weighted by Gasteiger charge is -2.29. The number of hydrogen-bond donors (Lipinski definition) is 1. The lowest BCUT2D eigenvalue weighted by atomic mass is 10.0. The van der Waals surface area contributed by atoms with E-state index < -0.39 is 10.0 Å². The van der Waals surface area contributed by atoms with E-state index in [1.807, 2.05) is 42.8 Å². The normalized spacial score (nSPS) is 21.7. The quantitative estimate of drug-likeness (QED) is 0.888. The number of aryl methyl sites for hydroxylation is 2. The van der Waals surface area contributed by atoms with Gasteiger partial charge in [-0.25, -0.2) is 18.1 Å². The Labute approximate surface area is 148 Å². The van der Waals surface area contributed by atoms with E-state index in [1.54, 1.807) is 18.6 Å². The van der Waals surface area contributed by atoms with Gasteiger partial charge in [0.05, 0.1) is 18.2 Å². The molecule has 134 valence electrons. The smallest absolute Gasteiger partial charge is 0.233 e. The molecule has 2 unspecified atom stereocenters. The Hall–Kier alpha value is -1.96. The second-order valence-electron chi connectivity index (χ2n) is 6.39. The summed E-state index contributed by atoms with van der Waals surface area (Å²) in [6.07, 6.45) is 6.20. The van der Waals surface area contributed by atoms with Crippen molar-refractivity contribution in [2.75, 3.05) is 6.61 Å². The van der Waals surface area contributed by atoms with E-state index in [0.29, 0.717) is 19.4 Å². The molecule has 3 rings (SSSR count). The fourth-order valence-electron chi connectivity index (χ4n) is 2.91. The predicted molar refractivity (Wildman–Crippen MR) is 97.2 cm³/mol. The van der Waals surface area contributed by atoms with Crippen molar-refractivity contribution in [2.45, 2.75) is 31.9 Å². The van der Waals surface area contributed by atoms with Crippen molar-refractivity contribution in [3.05, 3.63) is 59.0 Å². The van der Waals surface area contributed by atoms with E-state index in [-0.39, 0.29) is 12.1 Å². The molecule has 1 saturated heterocycles. The summed E-state index contributed by atoms with van der Waals surface area (Å²) in [4.78, 5) is 4.10. The largest absolute Gasteiger partial charge is 0.372 e. The van der Waals surface area contributed by atoms with Gasteiger partial charge in [0.2, 0.25) is 10.0 Å². The Bertz CT molecular complexity index is 841. The van der Waals surface area contributed by atoms with Crippen LogP contribution in [0, 0.1) is 6.92 Å². The first-order chi connectivity index (χ1) is 11.9. The number of benzene rings is 1. The summed E-state index contributed by atoms with van der Waals surface area (Å²) in [5.74, 6) is 0. The fraction of sp³-hybridized carbons (Fsp3) is 0.389. The Kier molecular flexibility index (Phi) is 5.36. The highest BCUT2D eigenvalue weighted by atomic mass is 32.2. The topological polar surface area (TPSA) is 73.2 Å². The SMILES string of the molecule is Cc1ccc(/C=C/S(=O)(=O)NC2CCOC(c3cncn3C)C2)cc1. The van der Waals surface area contributed by atoms with E-state index in [1.165, 1.54) is 5.41 Å². The number of nitrogens with zero attached hydrogens (tertiary/aromatic N) is 2. The van der Waals surface area contributed by atoms with Crippen LogP contribution >= 0.6 is 0 Å². The second kappa shape index (κ2) is 7.51. The molecule has 1 fully saturated rings. The zero-order chi connectivity index (χ0) is 17.9. The van der Waals surface area contributed by atoms with Gasteiger partial charge in [-0.3, -0.25) is 0 Å². The van der Waals surface area contributed by atoms with Crippen molar-refractivity contribution in [1.82, 2.24) is 14.3 Å². The standard InChI is InChI=1S/C18H23N3O3S/c1-14-3-5-15(6-4-14)8-10-25(22,23)20-16-7-9-24-18(11-16)17-12-19-13-21(17)2/h3-6,8,10,12-13,16,18,20H,7,9,11H2,1-2H3/b10-8+. The molecule has 1 aliphatic rings. The van der Waals surface area contributed by atoms with Crippen molar-refractivity contribution < 1.29 is 13.2 Å². The molecule has 0 amide bonds. The van der Waals surface area contributed by atoms with Crippen molar-refractivity contribution in [1.29, 1.82) is 0 Å². The van der Waals surface area contributed by atoms with Gasteiger partial charge in [0.1, 0.15) is 6.10 Å². The Morgan fingerprint density at radius 3 is 2.76 bits per heavy atom. The average molecular weight is 361 g/mol. The Morgan fingerprint density at radius 1 is 1.32 bits per heavy atom. The lowest BCUT2D eigenvalue weighted by molar-refractivity contribution is 0.00000705. The zero-order valence-electron chi connectivity index (χ0n) is 14.4. The first-order valence-electron chi connectivity index (χ1n) is 8.28. The van der Waals surface area contributed by atoms with Crippen LogP contribution in [0.4, 0.5) is 0 Å². The van der Waals surface area contributed by atoms with Gasteiger partial charge in [0.15, 0.2) is 0 Å². The third kappa shape index (κ3) is 4.78. The van der Waals surface area contributed by atoms with Gasteiger partial charge in [-0.1, -0.05) is 29.8 Å². The first-order valence-corrected chi connectivity index (χ1v) is 9.82. The third-order valence-electron chi connectivity index (χ3n) is 4.32. The van der Waals surface area contributed by atoms with Crippen molar-refractivity contribution in [2.24, 2.45) is 7.05 Å². The van der Waals surface area contributed by atoms with E-state index in [9.17, 15) is 8.42 Å². The van der Waals surface area contributed by atoms with E-state index >= 15 is 0 Å². The third-order valence-corrected chi connectivity index (χ3v) is 5.47. The molecule has 2 atom stereocenters. The molecule has 1 aromatic heterocycles. The van der Waals surface area contributed by atoms with Crippen LogP contribution in [-0.4, -0.2) is 30.6 Å².